The van der Waals surface area contributed by atoms with Crippen LogP contribution in [0.25, 0.3) is 16.9 Å². The zero-order chi connectivity index (χ0) is 35.9. The van der Waals surface area contributed by atoms with E-state index < -0.39 is 27.5 Å². The van der Waals surface area contributed by atoms with Gasteiger partial charge in [-0.15, -0.1) is 15.0 Å². The lowest BCUT2D eigenvalue weighted by Gasteiger charge is -2.52. The van der Waals surface area contributed by atoms with Crippen LogP contribution in [-0.2, 0) is 21.4 Å². The quantitative estimate of drug-likeness (QED) is 0.103. The molecule has 1 saturated heterocycles. The summed E-state index contributed by atoms with van der Waals surface area (Å²) in [4.78, 5) is 32.0. The number of esters is 1. The van der Waals surface area contributed by atoms with Crippen LogP contribution in [0.2, 0.25) is 10.0 Å². The van der Waals surface area contributed by atoms with Gasteiger partial charge in [0.25, 0.3) is 0 Å². The first-order valence-electron chi connectivity index (χ1n) is 16.0. The normalized spacial score (nSPS) is 16.3. The van der Waals surface area contributed by atoms with Crippen molar-refractivity contribution < 1.29 is 24.4 Å². The second-order valence-electron chi connectivity index (χ2n) is 14.7. The molecule has 0 atom stereocenters. The summed E-state index contributed by atoms with van der Waals surface area (Å²) in [5.41, 5.74) is 1.40. The van der Waals surface area contributed by atoms with E-state index in [1.807, 2.05) is 66.7 Å². The van der Waals surface area contributed by atoms with Gasteiger partial charge in [-0.2, -0.15) is 5.10 Å². The Kier molecular flexibility index (Phi) is 10.0. The Morgan fingerprint density at radius 1 is 1.04 bits per heavy atom. The van der Waals surface area contributed by atoms with Crippen LogP contribution in [0.4, 0.5) is 5.69 Å². The Bertz CT molecular complexity index is 1870. The van der Waals surface area contributed by atoms with Gasteiger partial charge in [0.1, 0.15) is 23.2 Å². The van der Waals surface area contributed by atoms with Crippen molar-refractivity contribution in [2.45, 2.75) is 96.7 Å². The molecule has 4 aromatic rings. The number of halogens is 2. The number of nitrogens with zero attached hydrogens (tertiary/aromatic N) is 5. The average molecular weight is 711 g/mol. The monoisotopic (exact) mass is 709 g/mol. The highest BCUT2D eigenvalue weighted by molar-refractivity contribution is 6.31. The van der Waals surface area contributed by atoms with E-state index in [2.05, 4.69) is 10.2 Å². The minimum absolute atomic E-state index is 0.0643. The molecule has 0 bridgehead atoms. The van der Waals surface area contributed by atoms with Crippen molar-refractivity contribution in [3.63, 3.8) is 0 Å². The summed E-state index contributed by atoms with van der Waals surface area (Å²) in [5.74, 6) is -0.207. The van der Waals surface area contributed by atoms with Crippen LogP contribution in [0, 0.1) is 10.1 Å². The van der Waals surface area contributed by atoms with E-state index in [-0.39, 0.29) is 34.6 Å². The molecule has 1 N–H and O–H groups in total. The fourth-order valence-electron chi connectivity index (χ4n) is 6.51. The molecule has 2 heterocycles. The number of nitro groups is 1. The molecule has 260 valence electrons. The van der Waals surface area contributed by atoms with E-state index >= 15 is 0 Å². The number of aromatic hydroxyl groups is 1. The molecule has 0 unspecified atom stereocenters. The topological polar surface area (TPSA) is 133 Å². The molecule has 0 saturated carbocycles. The summed E-state index contributed by atoms with van der Waals surface area (Å²) in [6, 6.07) is 15.3. The number of hydrogen-bond acceptors (Lipinski definition) is 9. The first kappa shape index (κ1) is 36.1. The number of phenolic OH excluding ortho intramolecular Hbond substituents is 1. The summed E-state index contributed by atoms with van der Waals surface area (Å²) in [6.45, 7) is 13.8. The molecule has 0 amide bonds. The van der Waals surface area contributed by atoms with Crippen molar-refractivity contribution in [1.82, 2.24) is 20.1 Å². The van der Waals surface area contributed by atoms with E-state index in [1.165, 1.54) is 16.9 Å². The molecule has 1 fully saturated rings. The standard InChI is InChI=1S/C36H41Cl2N5O6/c1-34(2,3)27-15-22(16-30(33(27)45)41-39-21-28(40-41)23-9-8-10-24(37)17-23)11-14-32(44)48-26-19-35(4,5)43(36(6,7)20-26)49-31-13-12-25(38)18-29(31)42(46)47/h8-10,12-13,15-18,21,26,45H,11,14,19-20H2,1-7H3. The smallest absolute Gasteiger partial charge is 0.315 e. The molecular weight excluding hydrogens is 669 g/mol. The van der Waals surface area contributed by atoms with Gasteiger partial charge in [0, 0.05) is 46.5 Å². The van der Waals surface area contributed by atoms with Gasteiger partial charge < -0.3 is 14.7 Å². The number of carbonyl (C=O) groups is 1. The SMILES string of the molecule is CC(C)(C)c1cc(CCC(=O)OC2CC(C)(C)N(Oc3ccc(Cl)cc3[N+](=O)[O-])C(C)(C)C2)cc(-n2ncc(-c3cccc(Cl)c3)n2)c1O. The largest absolute Gasteiger partial charge is 0.505 e. The maximum absolute atomic E-state index is 13.3. The van der Waals surface area contributed by atoms with Gasteiger partial charge in [-0.25, -0.2) is 0 Å². The van der Waals surface area contributed by atoms with Crippen LogP contribution in [-0.4, -0.2) is 53.2 Å². The molecule has 0 radical (unpaired) electrons. The third-order valence-corrected chi connectivity index (χ3v) is 9.03. The van der Waals surface area contributed by atoms with Crippen LogP contribution in [0.5, 0.6) is 11.5 Å². The predicted octanol–water partition coefficient (Wildman–Crippen LogP) is 8.64. The number of hydrogen-bond donors (Lipinski definition) is 1. The predicted molar refractivity (Wildman–Crippen MR) is 188 cm³/mol. The van der Waals surface area contributed by atoms with Crippen LogP contribution >= 0.6 is 23.2 Å². The number of phenols is 1. The number of benzene rings is 3. The highest BCUT2D eigenvalue weighted by atomic mass is 35.5. The summed E-state index contributed by atoms with van der Waals surface area (Å²) in [7, 11) is 0. The molecule has 49 heavy (non-hydrogen) atoms. The Morgan fingerprint density at radius 3 is 2.35 bits per heavy atom. The van der Waals surface area contributed by atoms with Gasteiger partial charge in [0.2, 0.25) is 5.75 Å². The highest BCUT2D eigenvalue weighted by Crippen LogP contribution is 2.42. The molecule has 1 aliphatic heterocycles. The summed E-state index contributed by atoms with van der Waals surface area (Å²) in [6.07, 6.45) is 2.58. The van der Waals surface area contributed by atoms with Gasteiger partial charge in [-0.3, -0.25) is 14.9 Å². The van der Waals surface area contributed by atoms with Gasteiger partial charge in [-0.1, -0.05) is 62.2 Å². The van der Waals surface area contributed by atoms with Gasteiger partial charge in [0.15, 0.2) is 0 Å². The number of rotatable bonds is 9. The molecule has 0 aliphatic carbocycles. The third-order valence-electron chi connectivity index (χ3n) is 8.56. The second kappa shape index (κ2) is 13.6. The van der Waals surface area contributed by atoms with Crippen molar-refractivity contribution in [1.29, 1.82) is 0 Å². The van der Waals surface area contributed by atoms with E-state index in [9.17, 15) is 20.0 Å². The van der Waals surface area contributed by atoms with E-state index in [4.69, 9.17) is 32.8 Å². The molecular formula is C36H41Cl2N5O6. The number of carbonyl (C=O) groups excluding carboxylic acids is 1. The minimum Gasteiger partial charge on any atom is -0.505 e. The van der Waals surface area contributed by atoms with Crippen LogP contribution in [0.3, 0.4) is 0 Å². The number of nitro benzene ring substituents is 1. The van der Waals surface area contributed by atoms with Crippen molar-refractivity contribution in [2.75, 3.05) is 0 Å². The lowest BCUT2D eigenvalue weighted by molar-refractivity contribution is -0.388. The van der Waals surface area contributed by atoms with Gasteiger partial charge in [-0.05, 0) is 75.4 Å². The molecule has 11 nitrogen and oxygen atoms in total. The molecule has 5 rings (SSSR count). The zero-order valence-electron chi connectivity index (χ0n) is 28.7. The summed E-state index contributed by atoms with van der Waals surface area (Å²) >= 11 is 12.2. The number of piperidine rings is 1. The first-order chi connectivity index (χ1) is 22.8. The molecule has 1 aromatic heterocycles. The molecule has 3 aromatic carbocycles. The van der Waals surface area contributed by atoms with Crippen molar-refractivity contribution >= 4 is 34.9 Å². The highest BCUT2D eigenvalue weighted by Gasteiger charge is 2.49. The fraction of sp³-hybridized carbons (Fsp3) is 0.417. The lowest BCUT2D eigenvalue weighted by Crippen LogP contribution is -2.63. The number of ether oxygens (including phenoxy) is 1. The number of aromatic nitrogens is 3. The van der Waals surface area contributed by atoms with Crippen molar-refractivity contribution in [2.24, 2.45) is 0 Å². The van der Waals surface area contributed by atoms with Crippen molar-refractivity contribution in [3.05, 3.63) is 92.1 Å². The van der Waals surface area contributed by atoms with Crippen LogP contribution in [0.15, 0.2) is 60.8 Å². The average Bonchev–Trinajstić information content (AvgIpc) is 3.48. The molecule has 0 spiro atoms. The van der Waals surface area contributed by atoms with Gasteiger partial charge in [0.05, 0.1) is 22.2 Å². The first-order valence-corrected chi connectivity index (χ1v) is 16.8. The number of aryl methyl sites for hydroxylation is 1. The van der Waals surface area contributed by atoms with E-state index in [0.717, 1.165) is 11.1 Å². The Morgan fingerprint density at radius 2 is 1.71 bits per heavy atom. The second-order valence-corrected chi connectivity index (χ2v) is 15.6. The minimum atomic E-state index is -0.644. The maximum Gasteiger partial charge on any atom is 0.315 e. The van der Waals surface area contributed by atoms with Crippen molar-refractivity contribution in [3.8, 4) is 28.4 Å². The van der Waals surface area contributed by atoms with Crippen LogP contribution < -0.4 is 4.84 Å². The Labute approximate surface area is 295 Å². The van der Waals surface area contributed by atoms with E-state index in [1.54, 1.807) is 35.5 Å². The molecule has 1 aliphatic rings. The van der Waals surface area contributed by atoms with Crippen LogP contribution in [0.1, 0.15) is 78.9 Å². The Balaban J connectivity index is 1.30. The Hall–Kier alpha value is -4.19. The number of hydroxylamine groups is 2. The summed E-state index contributed by atoms with van der Waals surface area (Å²) in [5, 5.41) is 34.6. The third kappa shape index (κ3) is 8.17. The maximum atomic E-state index is 13.3. The van der Waals surface area contributed by atoms with Gasteiger partial charge >= 0.3 is 11.7 Å². The molecule has 13 heteroatoms. The zero-order valence-corrected chi connectivity index (χ0v) is 30.2. The summed E-state index contributed by atoms with van der Waals surface area (Å²) < 4.78 is 6.02. The lowest BCUT2D eigenvalue weighted by atomic mass is 9.80. The van der Waals surface area contributed by atoms with E-state index in [0.29, 0.717) is 41.2 Å². The fourth-order valence-corrected chi connectivity index (χ4v) is 6.86.